The van der Waals surface area contributed by atoms with Crippen LogP contribution in [0.2, 0.25) is 4.34 Å². The molecule has 1 aliphatic carbocycles. The van der Waals surface area contributed by atoms with Crippen molar-refractivity contribution in [2.24, 2.45) is 5.92 Å². The van der Waals surface area contributed by atoms with Gasteiger partial charge in [-0.15, -0.1) is 11.3 Å². The highest BCUT2D eigenvalue weighted by Crippen LogP contribution is 2.30. The van der Waals surface area contributed by atoms with Crippen molar-refractivity contribution in [3.63, 3.8) is 0 Å². The first-order valence-electron chi connectivity index (χ1n) is 8.02. The quantitative estimate of drug-likeness (QED) is 0.878. The minimum absolute atomic E-state index is 0.0750. The zero-order chi connectivity index (χ0) is 16.4. The van der Waals surface area contributed by atoms with E-state index in [1.54, 1.807) is 12.1 Å². The molecule has 1 aromatic rings. The third-order valence-electron chi connectivity index (χ3n) is 4.67. The number of halogens is 1. The molecule has 1 N–H and O–H groups in total. The summed E-state index contributed by atoms with van der Waals surface area (Å²) in [6.45, 7) is 0.779. The van der Waals surface area contributed by atoms with Crippen LogP contribution in [0.4, 0.5) is 0 Å². The number of nitrogens with zero attached hydrogens (tertiary/aromatic N) is 1. The van der Waals surface area contributed by atoms with E-state index < -0.39 is 10.0 Å². The van der Waals surface area contributed by atoms with Crippen molar-refractivity contribution in [1.29, 1.82) is 0 Å². The van der Waals surface area contributed by atoms with Crippen LogP contribution in [-0.2, 0) is 14.8 Å². The molecule has 0 bridgehead atoms. The highest BCUT2D eigenvalue weighted by atomic mass is 35.5. The molecule has 0 spiro atoms. The number of hydrogen-bond donors (Lipinski definition) is 1. The smallest absolute Gasteiger partial charge is 0.252 e. The Hall–Kier alpha value is -0.630. The summed E-state index contributed by atoms with van der Waals surface area (Å²) < 4.78 is 27.3. The Morgan fingerprint density at radius 2 is 1.83 bits per heavy atom. The van der Waals surface area contributed by atoms with Crippen LogP contribution >= 0.6 is 22.9 Å². The van der Waals surface area contributed by atoms with Crippen LogP contribution < -0.4 is 5.32 Å². The van der Waals surface area contributed by atoms with Crippen molar-refractivity contribution in [3.8, 4) is 0 Å². The predicted molar refractivity (Wildman–Crippen MR) is 91.2 cm³/mol. The Balaban J connectivity index is 1.56. The van der Waals surface area contributed by atoms with Crippen LogP contribution in [0.25, 0.3) is 0 Å². The van der Waals surface area contributed by atoms with Crippen LogP contribution in [0.5, 0.6) is 0 Å². The van der Waals surface area contributed by atoms with Gasteiger partial charge in [-0.1, -0.05) is 24.4 Å². The molecule has 3 rings (SSSR count). The van der Waals surface area contributed by atoms with Crippen molar-refractivity contribution >= 4 is 38.9 Å². The van der Waals surface area contributed by atoms with Gasteiger partial charge in [-0.25, -0.2) is 8.42 Å². The normalized spacial score (nSPS) is 21.6. The van der Waals surface area contributed by atoms with E-state index in [9.17, 15) is 13.2 Å². The molecule has 1 amide bonds. The summed E-state index contributed by atoms with van der Waals surface area (Å²) >= 11 is 6.91. The summed E-state index contributed by atoms with van der Waals surface area (Å²) in [5.74, 6) is 0.0158. The number of rotatable bonds is 4. The molecule has 2 heterocycles. The van der Waals surface area contributed by atoms with Crippen molar-refractivity contribution in [1.82, 2.24) is 9.62 Å². The van der Waals surface area contributed by atoms with Crippen molar-refractivity contribution < 1.29 is 13.2 Å². The van der Waals surface area contributed by atoms with Gasteiger partial charge in [0.05, 0.1) is 4.34 Å². The molecule has 1 aromatic heterocycles. The topological polar surface area (TPSA) is 66.5 Å². The lowest BCUT2D eigenvalue weighted by molar-refractivity contribution is -0.126. The second kappa shape index (κ2) is 7.09. The first-order chi connectivity index (χ1) is 11.0. The monoisotopic (exact) mass is 376 g/mol. The van der Waals surface area contributed by atoms with Gasteiger partial charge in [-0.05, 0) is 37.8 Å². The van der Waals surface area contributed by atoms with Gasteiger partial charge in [0.15, 0.2) is 0 Å². The zero-order valence-corrected chi connectivity index (χ0v) is 15.2. The first kappa shape index (κ1) is 17.2. The van der Waals surface area contributed by atoms with Gasteiger partial charge in [0.2, 0.25) is 5.91 Å². The number of carbonyl (C=O) groups is 1. The molecule has 1 saturated heterocycles. The van der Waals surface area contributed by atoms with Gasteiger partial charge in [0.1, 0.15) is 4.21 Å². The Bertz CT molecular complexity index is 660. The van der Waals surface area contributed by atoms with E-state index >= 15 is 0 Å². The number of sulfonamides is 1. The van der Waals surface area contributed by atoms with E-state index in [4.69, 9.17) is 11.6 Å². The third-order valence-corrected chi connectivity index (χ3v) is 8.27. The zero-order valence-electron chi connectivity index (χ0n) is 12.8. The van der Waals surface area contributed by atoms with Crippen LogP contribution in [0.15, 0.2) is 16.3 Å². The van der Waals surface area contributed by atoms with Crippen molar-refractivity contribution in [3.05, 3.63) is 16.5 Å². The molecular formula is C15H21ClN2O3S2. The minimum atomic E-state index is -3.48. The Labute approximate surface area is 146 Å². The summed E-state index contributed by atoms with van der Waals surface area (Å²) in [4.78, 5) is 12.3. The van der Waals surface area contributed by atoms with E-state index in [0.717, 1.165) is 24.2 Å². The summed E-state index contributed by atoms with van der Waals surface area (Å²) in [6, 6.07) is 3.46. The second-order valence-electron chi connectivity index (χ2n) is 6.23. The van der Waals surface area contributed by atoms with Gasteiger partial charge >= 0.3 is 0 Å². The highest BCUT2D eigenvalue weighted by Gasteiger charge is 2.33. The van der Waals surface area contributed by atoms with Gasteiger partial charge < -0.3 is 5.32 Å². The standard InChI is InChI=1S/C15H21ClN2O3S2/c16-13-5-6-14(22-13)23(20,21)18-9-7-11(8-10-18)15(19)17-12-3-1-2-4-12/h5-6,11-12H,1-4,7-10H2,(H,17,19). The molecule has 8 heteroatoms. The molecule has 128 valence electrons. The van der Waals surface area contributed by atoms with Crippen LogP contribution in [0, 0.1) is 5.92 Å². The van der Waals surface area contributed by atoms with Crippen LogP contribution in [0.3, 0.4) is 0 Å². The maximum Gasteiger partial charge on any atom is 0.252 e. The molecule has 2 fully saturated rings. The number of carbonyl (C=O) groups excluding carboxylic acids is 1. The summed E-state index contributed by atoms with van der Waals surface area (Å²) in [5.41, 5.74) is 0. The Morgan fingerprint density at radius 1 is 1.17 bits per heavy atom. The van der Waals surface area contributed by atoms with E-state index in [1.807, 2.05) is 0 Å². The molecule has 0 aromatic carbocycles. The molecule has 0 atom stereocenters. The number of thiophene rings is 1. The first-order valence-corrected chi connectivity index (χ1v) is 10.7. The van der Waals surface area contributed by atoms with Gasteiger partial charge in [-0.3, -0.25) is 4.79 Å². The van der Waals surface area contributed by atoms with Crippen molar-refractivity contribution in [2.45, 2.75) is 48.8 Å². The SMILES string of the molecule is O=C(NC1CCCC1)C1CCN(S(=O)(=O)c2ccc(Cl)s2)CC1. The highest BCUT2D eigenvalue weighted by molar-refractivity contribution is 7.91. The van der Waals surface area contributed by atoms with Crippen molar-refractivity contribution in [2.75, 3.05) is 13.1 Å². The number of hydrogen-bond acceptors (Lipinski definition) is 4. The maximum atomic E-state index is 12.5. The molecule has 23 heavy (non-hydrogen) atoms. The fraction of sp³-hybridized carbons (Fsp3) is 0.667. The van der Waals surface area contributed by atoms with Gasteiger partial charge in [0, 0.05) is 25.0 Å². The average Bonchev–Trinajstić information content (AvgIpc) is 3.19. The van der Waals surface area contributed by atoms with Crippen LogP contribution in [0.1, 0.15) is 38.5 Å². The predicted octanol–water partition coefficient (Wildman–Crippen LogP) is 2.86. The minimum Gasteiger partial charge on any atom is -0.353 e. The molecule has 0 unspecified atom stereocenters. The lowest BCUT2D eigenvalue weighted by Gasteiger charge is -2.30. The molecule has 1 saturated carbocycles. The number of amides is 1. The summed E-state index contributed by atoms with van der Waals surface area (Å²) in [6.07, 6.45) is 5.67. The van der Waals surface area contributed by atoms with Gasteiger partial charge in [-0.2, -0.15) is 4.31 Å². The number of nitrogens with one attached hydrogen (secondary N) is 1. The van der Waals surface area contributed by atoms with E-state index in [1.165, 1.54) is 17.1 Å². The fourth-order valence-corrected chi connectivity index (χ4v) is 6.42. The molecule has 0 radical (unpaired) electrons. The second-order valence-corrected chi connectivity index (χ2v) is 10.1. The molecule has 1 aliphatic heterocycles. The molecule has 2 aliphatic rings. The van der Waals surface area contributed by atoms with E-state index in [-0.39, 0.29) is 16.0 Å². The Morgan fingerprint density at radius 3 is 2.39 bits per heavy atom. The average molecular weight is 377 g/mol. The Kier molecular flexibility index (Phi) is 5.30. The maximum absolute atomic E-state index is 12.5. The van der Waals surface area contributed by atoms with E-state index in [2.05, 4.69) is 5.32 Å². The van der Waals surface area contributed by atoms with Gasteiger partial charge in [0.25, 0.3) is 10.0 Å². The number of piperidine rings is 1. The molecular weight excluding hydrogens is 356 g/mol. The van der Waals surface area contributed by atoms with E-state index in [0.29, 0.717) is 36.3 Å². The lowest BCUT2D eigenvalue weighted by Crippen LogP contribution is -2.44. The summed E-state index contributed by atoms with van der Waals surface area (Å²) in [5, 5.41) is 3.11. The van der Waals surface area contributed by atoms with Crippen LogP contribution in [-0.4, -0.2) is 37.8 Å². The lowest BCUT2D eigenvalue weighted by atomic mass is 9.97. The fourth-order valence-electron chi connectivity index (χ4n) is 3.31. The third kappa shape index (κ3) is 3.90. The molecule has 5 nitrogen and oxygen atoms in total. The summed E-state index contributed by atoms with van der Waals surface area (Å²) in [7, 11) is -3.48. The largest absolute Gasteiger partial charge is 0.353 e.